The van der Waals surface area contributed by atoms with Gasteiger partial charge in [0.1, 0.15) is 6.10 Å². The lowest BCUT2D eigenvalue weighted by atomic mass is 10.00. The summed E-state index contributed by atoms with van der Waals surface area (Å²) in [5.74, 6) is -0.112. The Bertz CT molecular complexity index is 1460. The Hall–Kier alpha value is -4.44. The molecule has 164 valence electrons. The standard InChI is InChI=1S/C26H21N3O4/c1-28-23-10-6-5-9-22(23)25(31)29(26(28)32)20-13-11-18(12-14-20)15-21(33-17-27)16-24(30)19-7-3-2-4-8-19/h2-14,21H,15-16H2,1H3. The SMILES string of the molecule is Cn1c(=O)n(-c2ccc(CC(CC(=O)c3ccccc3)OC#N)cc2)c(=O)c2ccccc21. The Labute approximate surface area is 189 Å². The average molecular weight is 439 g/mol. The van der Waals surface area contributed by atoms with Gasteiger partial charge in [-0.05, 0) is 29.8 Å². The predicted octanol–water partition coefficient (Wildman–Crippen LogP) is 3.37. The maximum Gasteiger partial charge on any atom is 0.335 e. The van der Waals surface area contributed by atoms with Gasteiger partial charge in [0.25, 0.3) is 11.8 Å². The molecule has 1 atom stereocenters. The van der Waals surface area contributed by atoms with Crippen molar-refractivity contribution >= 4 is 16.7 Å². The second-order valence-corrected chi connectivity index (χ2v) is 7.69. The zero-order chi connectivity index (χ0) is 23.4. The van der Waals surface area contributed by atoms with Crippen LogP contribution in [0.4, 0.5) is 0 Å². The minimum atomic E-state index is -0.621. The molecular formula is C26H21N3O4. The molecule has 7 nitrogen and oxygen atoms in total. The lowest BCUT2D eigenvalue weighted by Gasteiger charge is -2.14. The van der Waals surface area contributed by atoms with Crippen LogP contribution in [-0.2, 0) is 18.2 Å². The lowest BCUT2D eigenvalue weighted by Crippen LogP contribution is -2.37. The summed E-state index contributed by atoms with van der Waals surface area (Å²) in [6.07, 6.45) is 1.45. The molecule has 0 spiro atoms. The maximum atomic E-state index is 13.0. The molecule has 4 aromatic rings. The molecule has 3 aromatic carbocycles. The van der Waals surface area contributed by atoms with Gasteiger partial charge in [0, 0.05) is 25.5 Å². The van der Waals surface area contributed by atoms with Crippen molar-refractivity contribution in [2.45, 2.75) is 18.9 Å². The summed E-state index contributed by atoms with van der Waals surface area (Å²) < 4.78 is 7.71. The smallest absolute Gasteiger partial charge is 0.335 e. The highest BCUT2D eigenvalue weighted by atomic mass is 16.5. The summed E-state index contributed by atoms with van der Waals surface area (Å²) in [4.78, 5) is 38.3. The summed E-state index contributed by atoms with van der Waals surface area (Å²) in [5, 5.41) is 9.46. The van der Waals surface area contributed by atoms with Crippen molar-refractivity contribution in [2.24, 2.45) is 7.05 Å². The number of nitriles is 1. The van der Waals surface area contributed by atoms with Crippen LogP contribution in [0.15, 0.2) is 88.5 Å². The molecule has 4 rings (SSSR count). The van der Waals surface area contributed by atoms with Crippen molar-refractivity contribution in [3.63, 3.8) is 0 Å². The van der Waals surface area contributed by atoms with Crippen molar-refractivity contribution in [3.05, 3.63) is 111 Å². The summed E-state index contributed by atoms with van der Waals surface area (Å²) in [6, 6.07) is 22.7. The second-order valence-electron chi connectivity index (χ2n) is 7.69. The van der Waals surface area contributed by atoms with E-state index in [9.17, 15) is 14.4 Å². The molecule has 0 radical (unpaired) electrons. The van der Waals surface area contributed by atoms with E-state index in [-0.39, 0.29) is 17.8 Å². The molecule has 1 aromatic heterocycles. The van der Waals surface area contributed by atoms with Crippen LogP contribution in [0.3, 0.4) is 0 Å². The monoisotopic (exact) mass is 439 g/mol. The first-order valence-corrected chi connectivity index (χ1v) is 10.4. The zero-order valence-corrected chi connectivity index (χ0v) is 18.0. The number of nitrogens with zero attached hydrogens (tertiary/aromatic N) is 3. The van der Waals surface area contributed by atoms with Crippen LogP contribution < -0.4 is 11.2 Å². The summed E-state index contributed by atoms with van der Waals surface area (Å²) in [6.45, 7) is 0. The largest absolute Gasteiger partial charge is 0.423 e. The van der Waals surface area contributed by atoms with Gasteiger partial charge in [-0.15, -0.1) is 0 Å². The third kappa shape index (κ3) is 4.46. The number of aryl methyl sites for hydroxylation is 1. The fourth-order valence-electron chi connectivity index (χ4n) is 3.86. The summed E-state index contributed by atoms with van der Waals surface area (Å²) in [7, 11) is 1.63. The number of hydrogen-bond donors (Lipinski definition) is 0. The highest BCUT2D eigenvalue weighted by Crippen LogP contribution is 2.15. The van der Waals surface area contributed by atoms with E-state index in [4.69, 9.17) is 10.00 Å². The van der Waals surface area contributed by atoms with Gasteiger partial charge in [0.05, 0.1) is 16.6 Å². The molecule has 0 saturated heterocycles. The molecule has 0 aliphatic carbocycles. The molecule has 0 fully saturated rings. The van der Waals surface area contributed by atoms with Gasteiger partial charge in [0.2, 0.25) is 0 Å². The Balaban J connectivity index is 1.59. The number of hydrogen-bond acceptors (Lipinski definition) is 5. The van der Waals surface area contributed by atoms with Crippen LogP contribution in [-0.4, -0.2) is 21.0 Å². The van der Waals surface area contributed by atoms with E-state index in [1.165, 1.54) is 4.57 Å². The first kappa shape index (κ1) is 21.8. The molecule has 0 aliphatic rings. The molecular weight excluding hydrogens is 418 g/mol. The van der Waals surface area contributed by atoms with Gasteiger partial charge in [-0.2, -0.15) is 5.26 Å². The summed E-state index contributed by atoms with van der Waals surface area (Å²) >= 11 is 0. The Morgan fingerprint density at radius 2 is 1.64 bits per heavy atom. The number of rotatable bonds is 7. The molecule has 0 amide bonds. The topological polar surface area (TPSA) is 94.1 Å². The van der Waals surface area contributed by atoms with E-state index in [0.29, 0.717) is 28.6 Å². The number of aromatic nitrogens is 2. The average Bonchev–Trinajstić information content (AvgIpc) is 2.84. The molecule has 0 aliphatic heterocycles. The van der Waals surface area contributed by atoms with Crippen molar-refractivity contribution in [2.75, 3.05) is 0 Å². The van der Waals surface area contributed by atoms with Crippen molar-refractivity contribution in [1.29, 1.82) is 5.26 Å². The van der Waals surface area contributed by atoms with Crippen LogP contribution in [0, 0.1) is 11.5 Å². The first-order valence-electron chi connectivity index (χ1n) is 10.4. The lowest BCUT2D eigenvalue weighted by molar-refractivity contribution is 0.0869. The molecule has 0 N–H and O–H groups in total. The molecule has 7 heteroatoms. The van der Waals surface area contributed by atoms with Crippen LogP contribution in [0.25, 0.3) is 16.6 Å². The number of Topliss-reactive ketones (excluding diaryl/α,β-unsaturated/α-hetero) is 1. The molecule has 1 unspecified atom stereocenters. The fraction of sp³-hybridized carbons (Fsp3) is 0.154. The number of carbonyl (C=O) groups is 1. The van der Waals surface area contributed by atoms with Gasteiger partial charge >= 0.3 is 5.69 Å². The molecule has 0 bridgehead atoms. The Kier molecular flexibility index (Phi) is 6.18. The second kappa shape index (κ2) is 9.37. The van der Waals surface area contributed by atoms with E-state index in [1.807, 2.05) is 6.07 Å². The van der Waals surface area contributed by atoms with Crippen molar-refractivity contribution < 1.29 is 9.53 Å². The van der Waals surface area contributed by atoms with Gasteiger partial charge in [-0.25, -0.2) is 9.36 Å². The van der Waals surface area contributed by atoms with Crippen LogP contribution in [0.2, 0.25) is 0 Å². The number of carbonyl (C=O) groups excluding carboxylic acids is 1. The number of ether oxygens (including phenoxy) is 1. The number of fused-ring (bicyclic) bond motifs is 1. The fourth-order valence-corrected chi connectivity index (χ4v) is 3.86. The summed E-state index contributed by atoms with van der Waals surface area (Å²) in [5.41, 5.74) is 1.55. The van der Waals surface area contributed by atoms with E-state index >= 15 is 0 Å². The zero-order valence-electron chi connectivity index (χ0n) is 18.0. The van der Waals surface area contributed by atoms with Gasteiger partial charge in [-0.3, -0.25) is 14.2 Å². The highest BCUT2D eigenvalue weighted by molar-refractivity contribution is 5.96. The number of ketones is 1. The predicted molar refractivity (Wildman–Crippen MR) is 124 cm³/mol. The first-order chi connectivity index (χ1) is 16.0. The van der Waals surface area contributed by atoms with Crippen LogP contribution in [0.5, 0.6) is 0 Å². The third-order valence-electron chi connectivity index (χ3n) is 5.56. The van der Waals surface area contributed by atoms with Crippen LogP contribution >= 0.6 is 0 Å². The van der Waals surface area contributed by atoms with Crippen LogP contribution in [0.1, 0.15) is 22.3 Å². The van der Waals surface area contributed by atoms with Gasteiger partial charge in [-0.1, -0.05) is 54.6 Å². The highest BCUT2D eigenvalue weighted by Gasteiger charge is 2.18. The number of benzene rings is 3. The minimum absolute atomic E-state index is 0.0595. The van der Waals surface area contributed by atoms with Crippen molar-refractivity contribution in [1.82, 2.24) is 9.13 Å². The Morgan fingerprint density at radius 3 is 2.33 bits per heavy atom. The normalized spacial score (nSPS) is 11.6. The Morgan fingerprint density at radius 1 is 0.970 bits per heavy atom. The van der Waals surface area contributed by atoms with E-state index in [0.717, 1.165) is 10.1 Å². The van der Waals surface area contributed by atoms with E-state index in [1.54, 1.807) is 86.1 Å². The molecule has 0 saturated carbocycles. The van der Waals surface area contributed by atoms with Gasteiger partial charge < -0.3 is 4.74 Å². The molecule has 1 heterocycles. The van der Waals surface area contributed by atoms with Gasteiger partial charge in [0.15, 0.2) is 5.78 Å². The molecule has 33 heavy (non-hydrogen) atoms. The maximum absolute atomic E-state index is 13.0. The van der Waals surface area contributed by atoms with E-state index in [2.05, 4.69) is 0 Å². The quantitative estimate of drug-likeness (QED) is 0.325. The van der Waals surface area contributed by atoms with Crippen molar-refractivity contribution in [3.8, 4) is 11.9 Å². The van der Waals surface area contributed by atoms with E-state index < -0.39 is 11.8 Å². The number of para-hydroxylation sites is 1. The minimum Gasteiger partial charge on any atom is -0.423 e. The third-order valence-corrected chi connectivity index (χ3v) is 5.56.